The molecule has 0 aliphatic heterocycles. The summed E-state index contributed by atoms with van der Waals surface area (Å²) >= 11 is 0. The van der Waals surface area contributed by atoms with Crippen molar-refractivity contribution in [1.82, 2.24) is 0 Å². The molecule has 2 rings (SSSR count). The molecule has 1 atom stereocenters. The van der Waals surface area contributed by atoms with Gasteiger partial charge in [0.1, 0.15) is 11.3 Å². The molecule has 1 amide bonds. The predicted octanol–water partition coefficient (Wildman–Crippen LogP) is 9.78. The molecule has 14 nitrogen and oxygen atoms in total. The van der Waals surface area contributed by atoms with Crippen molar-refractivity contribution in [3.05, 3.63) is 49.6 Å². The molecule has 0 aliphatic carbocycles. The van der Waals surface area contributed by atoms with Gasteiger partial charge in [-0.05, 0) is 57.7 Å². The second-order valence-corrected chi connectivity index (χ2v) is 11.9. The van der Waals surface area contributed by atoms with E-state index in [0.29, 0.717) is 38.0 Å². The van der Waals surface area contributed by atoms with Crippen LogP contribution in [0.3, 0.4) is 0 Å². The van der Waals surface area contributed by atoms with Gasteiger partial charge in [0.15, 0.2) is 0 Å². The van der Waals surface area contributed by atoms with Crippen LogP contribution in [0.1, 0.15) is 110 Å². The van der Waals surface area contributed by atoms with Gasteiger partial charge < -0.3 is 10.2 Å². The molecule has 15 heteroatoms. The number of carbonyl (C=O) groups excluding carboxylic acids is 1. The third-order valence-electron chi connectivity index (χ3n) is 7.84. The molecule has 0 saturated carbocycles. The maximum absolute atomic E-state index is 12.7. The Balaban J connectivity index is 2.90. The fourth-order valence-corrected chi connectivity index (χ4v) is 5.90. The summed E-state index contributed by atoms with van der Waals surface area (Å²) in [5.41, 5.74) is -0.555. The summed E-state index contributed by atoms with van der Waals surface area (Å²) in [6, 6.07) is 5.07. The summed E-state index contributed by atoms with van der Waals surface area (Å²) < 4.78 is 17.3. The molecule has 258 valence electrons. The van der Waals surface area contributed by atoms with Crippen LogP contribution in [0.4, 0.5) is 34.1 Å². The topological polar surface area (TPSA) is 190 Å². The van der Waals surface area contributed by atoms with Crippen LogP contribution in [0, 0.1) is 20.2 Å². The zero-order chi connectivity index (χ0) is 34.9. The number of nitrogens with one attached hydrogen (secondary N) is 1. The smallest absolute Gasteiger partial charge is 0.372 e. The molecule has 0 saturated heterocycles. The Morgan fingerprint density at radius 3 is 1.91 bits per heavy atom. The number of nitro benzene ring substituents is 2. The van der Waals surface area contributed by atoms with E-state index in [0.717, 1.165) is 50.6 Å². The number of anilines is 2. The van der Waals surface area contributed by atoms with Gasteiger partial charge in [-0.15, -0.1) is 15.1 Å². The lowest BCUT2D eigenvalue weighted by atomic mass is 9.94. The number of amides is 1. The highest BCUT2D eigenvalue weighted by Gasteiger charge is 2.40. The Morgan fingerprint density at radius 2 is 1.43 bits per heavy atom. The van der Waals surface area contributed by atoms with Gasteiger partial charge >= 0.3 is 13.9 Å². The summed E-state index contributed by atoms with van der Waals surface area (Å²) in [7, 11) is -3.38. The third-order valence-corrected chi connectivity index (χ3v) is 8.18. The molecule has 0 bridgehead atoms. The second kappa shape index (κ2) is 20.3. The minimum atomic E-state index is -3.38. The molecule has 2 N–H and O–H groups in total. The van der Waals surface area contributed by atoms with Gasteiger partial charge in [-0.1, -0.05) is 65.2 Å². The second-order valence-electron chi connectivity index (χ2n) is 11.3. The number of hydrogen-bond acceptors (Lipinski definition) is 10. The molecule has 2 aromatic carbocycles. The van der Waals surface area contributed by atoms with Crippen LogP contribution in [0.2, 0.25) is 0 Å². The highest BCUT2D eigenvalue weighted by atomic mass is 31.1. The van der Waals surface area contributed by atoms with Crippen molar-refractivity contribution in [3.8, 4) is 5.75 Å². The Bertz CT molecular complexity index is 1430. The molecule has 1 unspecified atom stereocenters. The average Bonchev–Trinajstić information content (AvgIpc) is 3.01. The maximum Gasteiger partial charge on any atom is 0.747 e. The van der Waals surface area contributed by atoms with E-state index >= 15 is 0 Å². The SMILES string of the molecule is CCCCCCCc1c(O[P+](=O)O)c(N=Nc2ccc(N(CC)CC)cc2NC(C)=O)c([N+](=O)[O-])c(CCCCCCC)c1[N+](=O)[O-]. The van der Waals surface area contributed by atoms with Crippen LogP contribution < -0.4 is 14.7 Å². The van der Waals surface area contributed by atoms with Gasteiger partial charge in [0, 0.05) is 30.3 Å². The van der Waals surface area contributed by atoms with E-state index in [1.165, 1.54) is 6.92 Å². The molecular weight excluding hydrogens is 627 g/mol. The monoisotopic (exact) mass is 675 g/mol. The highest BCUT2D eigenvalue weighted by Crippen LogP contribution is 2.52. The standard InChI is InChI=1S/C32H47N6O8P/c1-6-10-12-14-16-18-25-30(37(40)41)26(19-17-15-13-11-7-2)32(46-47(44)45)29(31(25)38(42)43)35-34-27-21-20-24(36(8-3)9-4)22-28(27)33-23(5)39/h20-22H,6-19H2,1-5H3,(H-,33,35,39,44,45)/p+1. The van der Waals surface area contributed by atoms with Crippen molar-refractivity contribution >= 4 is 48.3 Å². The number of unbranched alkanes of at least 4 members (excludes halogenated alkanes) is 8. The van der Waals surface area contributed by atoms with E-state index in [2.05, 4.69) is 34.3 Å². The average molecular weight is 676 g/mol. The minimum absolute atomic E-state index is 0.0222. The highest BCUT2D eigenvalue weighted by molar-refractivity contribution is 7.32. The number of nitro groups is 2. The predicted molar refractivity (Wildman–Crippen MR) is 184 cm³/mol. The van der Waals surface area contributed by atoms with Gasteiger partial charge in [-0.25, -0.2) is 4.52 Å². The van der Waals surface area contributed by atoms with Gasteiger partial charge in [0.05, 0.1) is 21.1 Å². The fourth-order valence-electron chi connectivity index (χ4n) is 5.55. The van der Waals surface area contributed by atoms with Gasteiger partial charge in [0.2, 0.25) is 17.3 Å². The van der Waals surface area contributed by atoms with Gasteiger partial charge in [0.25, 0.3) is 5.69 Å². The Morgan fingerprint density at radius 1 is 0.872 bits per heavy atom. The first-order valence-corrected chi connectivity index (χ1v) is 17.6. The van der Waals surface area contributed by atoms with Crippen LogP contribution in [-0.4, -0.2) is 33.7 Å². The van der Waals surface area contributed by atoms with E-state index in [9.17, 15) is 34.5 Å². The Hall–Kier alpha value is -4.03. The summed E-state index contributed by atoms with van der Waals surface area (Å²) in [6.45, 7) is 10.8. The molecule has 0 spiro atoms. The Labute approximate surface area is 277 Å². The van der Waals surface area contributed by atoms with E-state index in [-0.39, 0.29) is 35.6 Å². The third kappa shape index (κ3) is 11.6. The molecular formula is C32H48N6O8P+. The van der Waals surface area contributed by atoms with Crippen molar-refractivity contribution in [2.24, 2.45) is 10.2 Å². The summed E-state index contributed by atoms with van der Waals surface area (Å²) in [5.74, 6) is -0.890. The zero-order valence-electron chi connectivity index (χ0n) is 28.1. The molecule has 0 fully saturated rings. The van der Waals surface area contributed by atoms with Crippen molar-refractivity contribution in [2.45, 2.75) is 112 Å². The molecule has 0 aliphatic rings. The van der Waals surface area contributed by atoms with E-state index < -0.39 is 40.9 Å². The molecule has 0 aromatic heterocycles. The molecule has 2 aromatic rings. The largest absolute Gasteiger partial charge is 0.747 e. The summed E-state index contributed by atoms with van der Waals surface area (Å²) in [4.78, 5) is 47.8. The first-order chi connectivity index (χ1) is 22.5. The number of rotatable bonds is 22. The lowest BCUT2D eigenvalue weighted by molar-refractivity contribution is -0.395. The molecule has 0 radical (unpaired) electrons. The van der Waals surface area contributed by atoms with Crippen LogP contribution >= 0.6 is 8.25 Å². The van der Waals surface area contributed by atoms with E-state index in [1.54, 1.807) is 18.2 Å². The molecule has 47 heavy (non-hydrogen) atoms. The van der Waals surface area contributed by atoms with Gasteiger partial charge in [-0.3, -0.25) is 25.0 Å². The van der Waals surface area contributed by atoms with E-state index in [1.807, 2.05) is 13.8 Å². The summed E-state index contributed by atoms with van der Waals surface area (Å²) in [5, 5.41) is 36.4. The minimum Gasteiger partial charge on any atom is -0.372 e. The number of azo groups is 1. The van der Waals surface area contributed by atoms with Crippen molar-refractivity contribution < 1.29 is 28.6 Å². The normalized spacial score (nSPS) is 11.5. The van der Waals surface area contributed by atoms with Gasteiger partial charge in [-0.2, -0.15) is 0 Å². The van der Waals surface area contributed by atoms with Crippen LogP contribution in [0.15, 0.2) is 28.4 Å². The summed E-state index contributed by atoms with van der Waals surface area (Å²) in [6.07, 6.45) is 8.17. The van der Waals surface area contributed by atoms with Crippen LogP contribution in [0.5, 0.6) is 5.75 Å². The first kappa shape index (κ1) is 39.1. The van der Waals surface area contributed by atoms with Crippen molar-refractivity contribution in [1.29, 1.82) is 0 Å². The van der Waals surface area contributed by atoms with Crippen molar-refractivity contribution in [3.63, 3.8) is 0 Å². The van der Waals surface area contributed by atoms with E-state index in [4.69, 9.17) is 4.52 Å². The zero-order valence-corrected chi connectivity index (χ0v) is 29.0. The van der Waals surface area contributed by atoms with Crippen LogP contribution in [-0.2, 0) is 22.2 Å². The van der Waals surface area contributed by atoms with Crippen molar-refractivity contribution in [2.75, 3.05) is 23.3 Å². The lowest BCUT2D eigenvalue weighted by Crippen LogP contribution is -2.21. The quantitative estimate of drug-likeness (QED) is 0.0402. The van der Waals surface area contributed by atoms with Crippen LogP contribution in [0.25, 0.3) is 0 Å². The fraction of sp³-hybridized carbons (Fsp3) is 0.594. The number of carbonyl (C=O) groups is 1. The Kier molecular flexibility index (Phi) is 16.9. The lowest BCUT2D eigenvalue weighted by Gasteiger charge is -2.22. The number of nitrogens with zero attached hydrogens (tertiary/aromatic N) is 5. The maximum atomic E-state index is 12.7. The number of benzene rings is 2. The molecule has 0 heterocycles. The first-order valence-electron chi connectivity index (χ1n) is 16.4. The number of hydrogen-bond donors (Lipinski definition) is 2.